The van der Waals surface area contributed by atoms with Crippen LogP contribution in [0.15, 0.2) is 102 Å². The van der Waals surface area contributed by atoms with Crippen molar-refractivity contribution in [3.05, 3.63) is 113 Å². The molecule has 0 atom stereocenters. The predicted octanol–water partition coefficient (Wildman–Crippen LogP) is 7.36. The molecule has 0 bridgehead atoms. The van der Waals surface area contributed by atoms with E-state index in [4.69, 9.17) is 0 Å². The number of phenolic OH excluding ortho intramolecular Hbond substituents is 1. The molecule has 9 heteroatoms. The van der Waals surface area contributed by atoms with Crippen LogP contribution in [0, 0.1) is 0 Å². The first-order valence-electron chi connectivity index (χ1n) is 11.9. The second-order valence-electron chi connectivity index (χ2n) is 8.18. The lowest BCUT2D eigenvalue weighted by Crippen LogP contribution is -2.08. The Kier molecular flexibility index (Phi) is 9.69. The molecule has 3 N–H and O–H groups in total. The fourth-order valence-corrected chi connectivity index (χ4v) is 4.59. The average molecular weight is 546 g/mol. The minimum atomic E-state index is 0.100. The Balaban J connectivity index is 0.000000317. The largest absolute Gasteiger partial charge is 0.507 e. The summed E-state index contributed by atoms with van der Waals surface area (Å²) in [6.45, 7) is 4.96. The van der Waals surface area contributed by atoms with E-state index in [9.17, 15) is 8.99 Å². The van der Waals surface area contributed by atoms with Gasteiger partial charge in [0.25, 0.3) is 0 Å². The summed E-state index contributed by atoms with van der Waals surface area (Å²) in [7, 11) is 1.92. The zero-order valence-corrected chi connectivity index (χ0v) is 22.5. The van der Waals surface area contributed by atoms with Crippen molar-refractivity contribution in [1.82, 2.24) is 19.9 Å². The van der Waals surface area contributed by atoms with Crippen LogP contribution < -0.4 is 10.6 Å². The van der Waals surface area contributed by atoms with Crippen molar-refractivity contribution in [3.8, 4) is 17.0 Å². The summed E-state index contributed by atoms with van der Waals surface area (Å²) in [4.78, 5) is 6.11. The highest BCUT2D eigenvalue weighted by Crippen LogP contribution is 2.32. The van der Waals surface area contributed by atoms with Crippen LogP contribution in [0.3, 0.4) is 0 Å². The zero-order chi connectivity index (χ0) is 26.7. The van der Waals surface area contributed by atoms with E-state index in [1.807, 2.05) is 31.3 Å². The van der Waals surface area contributed by atoms with Gasteiger partial charge in [-0.05, 0) is 47.8 Å². The predicted molar refractivity (Wildman–Crippen MR) is 157 cm³/mol. The highest BCUT2D eigenvalue weighted by Gasteiger charge is 2.15. The zero-order valence-electron chi connectivity index (χ0n) is 20.8. The molecule has 5 rings (SSSR count). The van der Waals surface area contributed by atoms with Gasteiger partial charge in [-0.3, -0.25) is 0 Å². The number of allylic oxidation sites excluding steroid dienone is 2. The van der Waals surface area contributed by atoms with Crippen LogP contribution in [0.1, 0.15) is 16.0 Å². The smallest absolute Gasteiger partial charge is 0.174 e. The van der Waals surface area contributed by atoms with E-state index in [1.54, 1.807) is 46.2 Å². The van der Waals surface area contributed by atoms with E-state index in [0.29, 0.717) is 34.2 Å². The normalized spacial score (nSPS) is 10.9. The number of nitrogens with one attached hydrogen (secondary N) is 2. The fourth-order valence-electron chi connectivity index (χ4n) is 3.67. The van der Waals surface area contributed by atoms with Crippen LogP contribution in [-0.2, 0) is 13.1 Å². The van der Waals surface area contributed by atoms with Gasteiger partial charge in [-0.15, -0.1) is 11.3 Å². The van der Waals surface area contributed by atoms with E-state index in [2.05, 4.69) is 63.0 Å². The number of para-hydroxylation sites is 1. The maximum Gasteiger partial charge on any atom is 0.174 e. The maximum atomic E-state index is 13.3. The molecule has 0 saturated carbocycles. The average Bonchev–Trinajstić information content (AvgIpc) is 3.62. The molecular formula is C29H28FN5OS2. The third kappa shape index (κ3) is 6.89. The minimum absolute atomic E-state index is 0.100. The number of nitrogens with zero attached hydrogens (tertiary/aromatic N) is 3. The first-order chi connectivity index (χ1) is 18.6. The Bertz CT molecular complexity index is 1500. The van der Waals surface area contributed by atoms with Crippen molar-refractivity contribution >= 4 is 41.0 Å². The molecule has 0 amide bonds. The van der Waals surface area contributed by atoms with Crippen LogP contribution >= 0.6 is 23.5 Å². The molecular weight excluding hydrogens is 517 g/mol. The van der Waals surface area contributed by atoms with E-state index in [1.165, 1.54) is 16.6 Å². The van der Waals surface area contributed by atoms with Gasteiger partial charge < -0.3 is 15.7 Å². The summed E-state index contributed by atoms with van der Waals surface area (Å²) >= 11 is 1.83. The van der Waals surface area contributed by atoms with Crippen molar-refractivity contribution in [1.29, 1.82) is 0 Å². The Labute approximate surface area is 229 Å². The highest BCUT2D eigenvalue weighted by molar-refractivity contribution is 7.94. The van der Waals surface area contributed by atoms with Gasteiger partial charge in [0.1, 0.15) is 16.5 Å². The summed E-state index contributed by atoms with van der Waals surface area (Å²) < 4.78 is 14.9. The third-order valence-electron chi connectivity index (χ3n) is 5.52. The number of anilines is 1. The number of phenols is 1. The second-order valence-corrected chi connectivity index (χ2v) is 9.75. The molecule has 0 spiro atoms. The molecule has 0 unspecified atom stereocenters. The molecule has 0 fully saturated rings. The van der Waals surface area contributed by atoms with Gasteiger partial charge in [0.15, 0.2) is 5.65 Å². The van der Waals surface area contributed by atoms with Crippen molar-refractivity contribution in [2.75, 3.05) is 12.4 Å². The van der Waals surface area contributed by atoms with Crippen LogP contribution in [0.4, 0.5) is 9.70 Å². The molecule has 0 aliphatic carbocycles. The monoisotopic (exact) mass is 545 g/mol. The minimum Gasteiger partial charge on any atom is -0.507 e. The molecule has 3 aromatic heterocycles. The molecule has 3 heterocycles. The first-order valence-corrected chi connectivity index (χ1v) is 13.5. The summed E-state index contributed by atoms with van der Waals surface area (Å²) in [5.74, 6) is 0.775. The lowest BCUT2D eigenvalue weighted by Gasteiger charge is -2.12. The second kappa shape index (κ2) is 13.6. The molecule has 0 aliphatic heterocycles. The quantitative estimate of drug-likeness (QED) is 0.168. The molecule has 38 heavy (non-hydrogen) atoms. The molecule has 194 valence electrons. The van der Waals surface area contributed by atoms with Gasteiger partial charge in [0, 0.05) is 29.6 Å². The lowest BCUT2D eigenvalue weighted by molar-refractivity contribution is 0.477. The third-order valence-corrected chi connectivity index (χ3v) is 6.81. The van der Waals surface area contributed by atoms with E-state index < -0.39 is 0 Å². The number of halogens is 1. The number of hydrogen-bond donors (Lipinski definition) is 3. The Hall–Kier alpha value is -3.92. The number of aromatic hydroxyl groups is 1. The highest BCUT2D eigenvalue weighted by atomic mass is 32.2. The standard InChI is InChI=1S/C21H20FN5OS.C8H8S/c1-23-11-14-6-8-15(9-7-14)12-24-20-10-17(16-4-2-3-5-18(16)28)26-21-19(29-22)13-25-27(20)21;1-2-3-5-8-6-4-7-9-8/h2-10,13,23-24,28H,11-12H2,1H3;2-7H,1H2/b;5-3+. The lowest BCUT2D eigenvalue weighted by atomic mass is 10.1. The number of benzene rings is 2. The number of fused-ring (bicyclic) bond motifs is 1. The summed E-state index contributed by atoms with van der Waals surface area (Å²) in [6.07, 6.45) is 7.20. The molecule has 6 nitrogen and oxygen atoms in total. The number of rotatable bonds is 9. The van der Waals surface area contributed by atoms with Crippen LogP contribution in [0.5, 0.6) is 5.75 Å². The van der Waals surface area contributed by atoms with Crippen LogP contribution in [0.25, 0.3) is 23.0 Å². The van der Waals surface area contributed by atoms with Gasteiger partial charge >= 0.3 is 0 Å². The molecule has 5 aromatic rings. The van der Waals surface area contributed by atoms with Crippen LogP contribution in [0.2, 0.25) is 0 Å². The van der Waals surface area contributed by atoms with Gasteiger partial charge in [-0.2, -0.15) is 13.5 Å². The summed E-state index contributed by atoms with van der Waals surface area (Å²) in [5, 5.41) is 23.0. The Morgan fingerprint density at radius 1 is 1.08 bits per heavy atom. The van der Waals surface area contributed by atoms with E-state index >= 15 is 0 Å². The van der Waals surface area contributed by atoms with Crippen molar-refractivity contribution in [2.24, 2.45) is 0 Å². The van der Waals surface area contributed by atoms with Crippen LogP contribution in [-0.4, -0.2) is 26.8 Å². The summed E-state index contributed by atoms with van der Waals surface area (Å²) in [5.41, 5.74) is 3.82. The molecule has 0 saturated heterocycles. The van der Waals surface area contributed by atoms with Gasteiger partial charge in [0.05, 0.1) is 24.0 Å². The van der Waals surface area contributed by atoms with Crippen molar-refractivity contribution < 1.29 is 8.99 Å². The first kappa shape index (κ1) is 27.1. The molecule has 0 radical (unpaired) electrons. The van der Waals surface area contributed by atoms with Gasteiger partial charge in [0.2, 0.25) is 0 Å². The van der Waals surface area contributed by atoms with Crippen molar-refractivity contribution in [2.45, 2.75) is 18.0 Å². The fraction of sp³-hybridized carbons (Fsp3) is 0.103. The summed E-state index contributed by atoms with van der Waals surface area (Å²) in [6, 6.07) is 21.1. The number of hydrogen-bond acceptors (Lipinski definition) is 7. The van der Waals surface area contributed by atoms with E-state index in [-0.39, 0.29) is 17.9 Å². The van der Waals surface area contributed by atoms with Crippen molar-refractivity contribution in [3.63, 3.8) is 0 Å². The topological polar surface area (TPSA) is 74.5 Å². The SMILES string of the molecule is C=C/C=C/c1cccs1.CNCc1ccc(CNc2cc(-c3ccccc3O)nc3c(SF)cnn23)cc1. The molecule has 2 aromatic carbocycles. The van der Waals surface area contributed by atoms with E-state index in [0.717, 1.165) is 12.1 Å². The number of aromatic nitrogens is 3. The Morgan fingerprint density at radius 2 is 1.84 bits per heavy atom. The van der Waals surface area contributed by atoms with Gasteiger partial charge in [-0.25, -0.2) is 4.98 Å². The number of thiophene rings is 1. The van der Waals surface area contributed by atoms with Gasteiger partial charge in [-0.1, -0.05) is 61.2 Å². The molecule has 0 aliphatic rings. The Morgan fingerprint density at radius 3 is 2.50 bits per heavy atom. The maximum absolute atomic E-state index is 13.3.